The van der Waals surface area contributed by atoms with E-state index in [0.29, 0.717) is 17.4 Å². The van der Waals surface area contributed by atoms with Crippen LogP contribution in [0.4, 0.5) is 18.9 Å². The van der Waals surface area contributed by atoms with Crippen LogP contribution in [0.3, 0.4) is 0 Å². The van der Waals surface area contributed by atoms with E-state index in [1.54, 1.807) is 0 Å². The van der Waals surface area contributed by atoms with E-state index < -0.39 is 11.7 Å². The summed E-state index contributed by atoms with van der Waals surface area (Å²) in [5.41, 5.74) is 1.41. The normalized spacial score (nSPS) is 11.4. The van der Waals surface area contributed by atoms with Crippen LogP contribution in [-0.4, -0.2) is 16.0 Å². The molecule has 0 atom stereocenters. The second kappa shape index (κ2) is 7.61. The lowest BCUT2D eigenvalue weighted by Crippen LogP contribution is -2.13. The highest BCUT2D eigenvalue weighted by Crippen LogP contribution is 2.29. The lowest BCUT2D eigenvalue weighted by atomic mass is 10.1. The molecule has 0 fully saturated rings. The van der Waals surface area contributed by atoms with E-state index in [1.807, 2.05) is 31.2 Å². The minimum atomic E-state index is -4.41. The Morgan fingerprint density at radius 1 is 1.15 bits per heavy atom. The lowest BCUT2D eigenvalue weighted by molar-refractivity contribution is -0.137. The summed E-state index contributed by atoms with van der Waals surface area (Å²) in [6, 6.07) is 11.9. The predicted molar refractivity (Wildman–Crippen MR) is 92.9 cm³/mol. The van der Waals surface area contributed by atoms with Gasteiger partial charge in [-0.05, 0) is 37.3 Å². The summed E-state index contributed by atoms with van der Waals surface area (Å²) < 4.78 is 42.7. The van der Waals surface area contributed by atoms with E-state index in [-0.39, 0.29) is 18.7 Å². The number of aryl methyl sites for hydroxylation is 2. The molecule has 140 valence electrons. The zero-order valence-corrected chi connectivity index (χ0v) is 14.4. The maximum atomic E-state index is 12.5. The number of hydrogen-bond donors (Lipinski definition) is 1. The van der Waals surface area contributed by atoms with Gasteiger partial charge in [-0.1, -0.05) is 28.9 Å². The first-order valence-corrected chi connectivity index (χ1v) is 8.18. The second-order valence-electron chi connectivity index (χ2n) is 6.00. The summed E-state index contributed by atoms with van der Waals surface area (Å²) in [7, 11) is 0. The molecular weight excluding hydrogens is 359 g/mol. The minimum absolute atomic E-state index is 0.0659. The SMILES string of the molecule is Cc1cccc(-c2noc(CCC(=O)Nc3ccc(C(F)(F)F)cc3)n2)c1. The Kier molecular flexibility index (Phi) is 5.25. The quantitative estimate of drug-likeness (QED) is 0.706. The molecule has 0 aliphatic carbocycles. The summed E-state index contributed by atoms with van der Waals surface area (Å²) in [5.74, 6) is 0.399. The average Bonchev–Trinajstić information content (AvgIpc) is 3.09. The van der Waals surface area contributed by atoms with Crippen molar-refractivity contribution in [3.05, 3.63) is 65.5 Å². The number of carbonyl (C=O) groups is 1. The first-order chi connectivity index (χ1) is 12.8. The van der Waals surface area contributed by atoms with Crippen molar-refractivity contribution in [2.24, 2.45) is 0 Å². The van der Waals surface area contributed by atoms with Gasteiger partial charge in [0.05, 0.1) is 5.56 Å². The van der Waals surface area contributed by atoms with Gasteiger partial charge in [-0.3, -0.25) is 4.79 Å². The standard InChI is InChI=1S/C19H16F3N3O2/c1-12-3-2-4-13(11-12)18-24-17(27-25-18)10-9-16(26)23-15-7-5-14(6-8-15)19(20,21)22/h2-8,11H,9-10H2,1H3,(H,23,26). The van der Waals surface area contributed by atoms with Crippen LogP contribution in [0, 0.1) is 6.92 Å². The van der Waals surface area contributed by atoms with Crippen LogP contribution < -0.4 is 5.32 Å². The number of nitrogens with zero attached hydrogens (tertiary/aromatic N) is 2. The highest BCUT2D eigenvalue weighted by Gasteiger charge is 2.29. The molecule has 1 aromatic heterocycles. The van der Waals surface area contributed by atoms with Crippen molar-refractivity contribution in [2.75, 3.05) is 5.32 Å². The number of nitrogens with one attached hydrogen (secondary N) is 1. The van der Waals surface area contributed by atoms with E-state index in [2.05, 4.69) is 15.5 Å². The molecule has 0 unspecified atom stereocenters. The molecule has 1 amide bonds. The molecule has 27 heavy (non-hydrogen) atoms. The summed E-state index contributed by atoms with van der Waals surface area (Å²) in [4.78, 5) is 16.2. The maximum Gasteiger partial charge on any atom is 0.416 e. The Balaban J connectivity index is 1.55. The van der Waals surface area contributed by atoms with Crippen LogP contribution in [0.2, 0.25) is 0 Å². The van der Waals surface area contributed by atoms with E-state index in [4.69, 9.17) is 4.52 Å². The summed E-state index contributed by atoms with van der Waals surface area (Å²) in [5, 5.41) is 6.44. The molecule has 0 radical (unpaired) electrons. The van der Waals surface area contributed by atoms with Gasteiger partial charge >= 0.3 is 6.18 Å². The van der Waals surface area contributed by atoms with Crippen molar-refractivity contribution in [1.29, 1.82) is 0 Å². The highest BCUT2D eigenvalue weighted by molar-refractivity contribution is 5.90. The fraction of sp³-hybridized carbons (Fsp3) is 0.211. The monoisotopic (exact) mass is 375 g/mol. The molecule has 0 saturated heterocycles. The van der Waals surface area contributed by atoms with Gasteiger partial charge in [0.1, 0.15) is 0 Å². The number of benzene rings is 2. The molecule has 1 heterocycles. The molecule has 0 aliphatic rings. The number of alkyl halides is 3. The Bertz CT molecular complexity index is 934. The van der Waals surface area contributed by atoms with Crippen LogP contribution in [0.15, 0.2) is 53.1 Å². The van der Waals surface area contributed by atoms with E-state index >= 15 is 0 Å². The number of carbonyl (C=O) groups excluding carboxylic acids is 1. The van der Waals surface area contributed by atoms with Gasteiger partial charge in [-0.15, -0.1) is 0 Å². The Labute approximate surface area is 153 Å². The molecule has 3 aromatic rings. The smallest absolute Gasteiger partial charge is 0.339 e. The molecule has 2 aromatic carbocycles. The molecule has 5 nitrogen and oxygen atoms in total. The zero-order chi connectivity index (χ0) is 19.4. The fourth-order valence-corrected chi connectivity index (χ4v) is 2.44. The van der Waals surface area contributed by atoms with Crippen LogP contribution in [0.25, 0.3) is 11.4 Å². The van der Waals surface area contributed by atoms with Crippen molar-refractivity contribution in [3.63, 3.8) is 0 Å². The summed E-state index contributed by atoms with van der Waals surface area (Å²) >= 11 is 0. The average molecular weight is 375 g/mol. The number of amides is 1. The molecule has 8 heteroatoms. The summed E-state index contributed by atoms with van der Waals surface area (Å²) in [6.07, 6.45) is -4.11. The predicted octanol–water partition coefficient (Wildman–Crippen LogP) is 4.64. The van der Waals surface area contributed by atoms with Crippen LogP contribution >= 0.6 is 0 Å². The molecule has 0 bridgehead atoms. The van der Waals surface area contributed by atoms with Gasteiger partial charge < -0.3 is 9.84 Å². The molecular formula is C19H16F3N3O2. The molecule has 0 spiro atoms. The second-order valence-corrected chi connectivity index (χ2v) is 6.00. The molecule has 1 N–H and O–H groups in total. The van der Waals surface area contributed by atoms with Crippen molar-refractivity contribution >= 4 is 11.6 Å². The van der Waals surface area contributed by atoms with Crippen LogP contribution in [0.5, 0.6) is 0 Å². The van der Waals surface area contributed by atoms with E-state index in [9.17, 15) is 18.0 Å². The van der Waals surface area contributed by atoms with Gasteiger partial charge in [0.2, 0.25) is 17.6 Å². The first-order valence-electron chi connectivity index (χ1n) is 8.18. The van der Waals surface area contributed by atoms with Gasteiger partial charge in [0.15, 0.2) is 0 Å². The Morgan fingerprint density at radius 2 is 1.89 bits per heavy atom. The summed E-state index contributed by atoms with van der Waals surface area (Å²) in [6.45, 7) is 1.95. The highest BCUT2D eigenvalue weighted by atomic mass is 19.4. The van der Waals surface area contributed by atoms with Crippen molar-refractivity contribution in [2.45, 2.75) is 25.9 Å². The van der Waals surface area contributed by atoms with Gasteiger partial charge in [-0.2, -0.15) is 18.2 Å². The topological polar surface area (TPSA) is 68.0 Å². The Hall–Kier alpha value is -3.16. The Morgan fingerprint density at radius 3 is 2.56 bits per heavy atom. The largest absolute Gasteiger partial charge is 0.416 e. The van der Waals surface area contributed by atoms with Gasteiger partial charge in [0.25, 0.3) is 0 Å². The third-order valence-corrected chi connectivity index (χ3v) is 3.81. The van der Waals surface area contributed by atoms with E-state index in [1.165, 1.54) is 12.1 Å². The van der Waals surface area contributed by atoms with Gasteiger partial charge in [0, 0.05) is 24.1 Å². The molecule has 0 aliphatic heterocycles. The number of halogens is 3. The maximum absolute atomic E-state index is 12.5. The van der Waals surface area contributed by atoms with Crippen molar-refractivity contribution in [3.8, 4) is 11.4 Å². The number of aromatic nitrogens is 2. The first kappa shape index (κ1) is 18.6. The van der Waals surface area contributed by atoms with E-state index in [0.717, 1.165) is 23.3 Å². The van der Waals surface area contributed by atoms with Crippen LogP contribution in [-0.2, 0) is 17.4 Å². The van der Waals surface area contributed by atoms with Gasteiger partial charge in [-0.25, -0.2) is 0 Å². The minimum Gasteiger partial charge on any atom is -0.339 e. The third kappa shape index (κ3) is 4.93. The third-order valence-electron chi connectivity index (χ3n) is 3.81. The molecule has 0 saturated carbocycles. The zero-order valence-electron chi connectivity index (χ0n) is 14.4. The number of anilines is 1. The van der Waals surface area contributed by atoms with Crippen LogP contribution in [0.1, 0.15) is 23.4 Å². The van der Waals surface area contributed by atoms with Crippen molar-refractivity contribution in [1.82, 2.24) is 10.1 Å². The number of rotatable bonds is 5. The fourth-order valence-electron chi connectivity index (χ4n) is 2.44. The molecule has 3 rings (SSSR count). The lowest BCUT2D eigenvalue weighted by Gasteiger charge is -2.08. The number of hydrogen-bond acceptors (Lipinski definition) is 4. The van der Waals surface area contributed by atoms with Crippen molar-refractivity contribution < 1.29 is 22.5 Å².